The lowest BCUT2D eigenvalue weighted by atomic mass is 10.0. The minimum atomic E-state index is 0.000972. The molecule has 1 aromatic carbocycles. The number of rotatable bonds is 3. The van der Waals surface area contributed by atoms with E-state index in [4.69, 9.17) is 4.74 Å². The van der Waals surface area contributed by atoms with Crippen LogP contribution >= 0.6 is 0 Å². The molecule has 2 rings (SSSR count). The molecular formula is C14H19NO2. The Morgan fingerprint density at radius 3 is 2.94 bits per heavy atom. The molecule has 3 heteroatoms. The van der Waals surface area contributed by atoms with Gasteiger partial charge in [0.1, 0.15) is 11.9 Å². The number of hydrogen-bond acceptors (Lipinski definition) is 2. The highest BCUT2D eigenvalue weighted by atomic mass is 16.5. The lowest BCUT2D eigenvalue weighted by Crippen LogP contribution is -2.21. The number of ether oxygens (including phenoxy) is 1. The average Bonchev–Trinajstić information content (AvgIpc) is 2.43. The van der Waals surface area contributed by atoms with Crippen molar-refractivity contribution in [2.24, 2.45) is 5.92 Å². The fourth-order valence-corrected chi connectivity index (χ4v) is 1.98. The highest BCUT2D eigenvalue weighted by Crippen LogP contribution is 2.29. The lowest BCUT2D eigenvalue weighted by molar-refractivity contribution is -0.117. The number of anilines is 1. The summed E-state index contributed by atoms with van der Waals surface area (Å²) in [5.74, 6) is 1.47. The molecule has 92 valence electrons. The summed E-state index contributed by atoms with van der Waals surface area (Å²) in [6.45, 7) is 4.37. The number of amides is 1. The normalized spacial score (nSPS) is 19.2. The second-order valence-corrected chi connectivity index (χ2v) is 4.96. The van der Waals surface area contributed by atoms with E-state index in [9.17, 15) is 4.79 Å². The zero-order valence-corrected chi connectivity index (χ0v) is 10.4. The first kappa shape index (κ1) is 12.0. The van der Waals surface area contributed by atoms with Crippen molar-refractivity contribution in [3.05, 3.63) is 24.3 Å². The molecule has 1 atom stereocenters. The van der Waals surface area contributed by atoms with Crippen LogP contribution in [0.1, 0.15) is 33.1 Å². The van der Waals surface area contributed by atoms with Crippen LogP contribution in [0.2, 0.25) is 0 Å². The summed E-state index contributed by atoms with van der Waals surface area (Å²) in [6.07, 6.45) is 2.46. The molecule has 1 N–H and O–H groups in total. The minimum Gasteiger partial charge on any atom is -0.488 e. The van der Waals surface area contributed by atoms with E-state index in [1.807, 2.05) is 24.3 Å². The lowest BCUT2D eigenvalue weighted by Gasteiger charge is -2.16. The van der Waals surface area contributed by atoms with Gasteiger partial charge < -0.3 is 10.1 Å². The number of carbonyl (C=O) groups is 1. The standard InChI is InChI=1S/C14H19NO2/c1-10(2)7-8-11-9-14(16)15-12-5-3-4-6-13(12)17-11/h3-6,10-11H,7-9H2,1-2H3,(H,15,16). The molecule has 0 aromatic heterocycles. The van der Waals surface area contributed by atoms with E-state index in [2.05, 4.69) is 19.2 Å². The highest BCUT2D eigenvalue weighted by molar-refractivity contribution is 5.93. The Morgan fingerprint density at radius 2 is 2.18 bits per heavy atom. The summed E-state index contributed by atoms with van der Waals surface area (Å²) in [6, 6.07) is 7.61. The molecule has 1 aliphatic rings. The maximum absolute atomic E-state index is 11.7. The van der Waals surface area contributed by atoms with Crippen LogP contribution in [0, 0.1) is 5.92 Å². The van der Waals surface area contributed by atoms with E-state index in [0.29, 0.717) is 12.3 Å². The quantitative estimate of drug-likeness (QED) is 0.870. The zero-order chi connectivity index (χ0) is 12.3. The van der Waals surface area contributed by atoms with Gasteiger partial charge in [-0.25, -0.2) is 0 Å². The van der Waals surface area contributed by atoms with Gasteiger partial charge in [0.2, 0.25) is 5.91 Å². The van der Waals surface area contributed by atoms with Crippen LogP contribution in [-0.4, -0.2) is 12.0 Å². The van der Waals surface area contributed by atoms with Crippen molar-refractivity contribution < 1.29 is 9.53 Å². The highest BCUT2D eigenvalue weighted by Gasteiger charge is 2.22. The van der Waals surface area contributed by atoms with Gasteiger partial charge in [-0.15, -0.1) is 0 Å². The summed E-state index contributed by atoms with van der Waals surface area (Å²) >= 11 is 0. The number of benzene rings is 1. The third-order valence-electron chi connectivity index (χ3n) is 2.93. The van der Waals surface area contributed by atoms with E-state index in [-0.39, 0.29) is 12.0 Å². The van der Waals surface area contributed by atoms with E-state index in [1.165, 1.54) is 0 Å². The zero-order valence-electron chi connectivity index (χ0n) is 10.4. The van der Waals surface area contributed by atoms with Crippen molar-refractivity contribution in [2.45, 2.75) is 39.2 Å². The fourth-order valence-electron chi connectivity index (χ4n) is 1.98. The van der Waals surface area contributed by atoms with Gasteiger partial charge in [-0.1, -0.05) is 26.0 Å². The molecule has 1 aliphatic heterocycles. The number of carbonyl (C=O) groups excluding carboxylic acids is 1. The van der Waals surface area contributed by atoms with Gasteiger partial charge in [0.05, 0.1) is 12.1 Å². The molecule has 1 heterocycles. The van der Waals surface area contributed by atoms with Gasteiger partial charge in [0.25, 0.3) is 0 Å². The second-order valence-electron chi connectivity index (χ2n) is 4.96. The van der Waals surface area contributed by atoms with Crippen LogP contribution < -0.4 is 10.1 Å². The van der Waals surface area contributed by atoms with Crippen molar-refractivity contribution in [3.63, 3.8) is 0 Å². The van der Waals surface area contributed by atoms with Gasteiger partial charge in [-0.2, -0.15) is 0 Å². The molecule has 0 spiro atoms. The van der Waals surface area contributed by atoms with E-state index >= 15 is 0 Å². The molecule has 1 unspecified atom stereocenters. The Bertz CT molecular complexity index is 401. The Balaban J connectivity index is 2.09. The molecule has 3 nitrogen and oxygen atoms in total. The molecule has 0 aliphatic carbocycles. The summed E-state index contributed by atoms with van der Waals surface area (Å²) in [5, 5.41) is 2.88. The van der Waals surface area contributed by atoms with Crippen molar-refractivity contribution in [1.29, 1.82) is 0 Å². The summed E-state index contributed by atoms with van der Waals surface area (Å²) in [7, 11) is 0. The molecule has 1 aromatic rings. The Hall–Kier alpha value is -1.51. The molecule has 17 heavy (non-hydrogen) atoms. The molecule has 0 fully saturated rings. The van der Waals surface area contributed by atoms with E-state index in [1.54, 1.807) is 0 Å². The number of fused-ring (bicyclic) bond motifs is 1. The van der Waals surface area contributed by atoms with Crippen LogP contribution in [0.25, 0.3) is 0 Å². The smallest absolute Gasteiger partial charge is 0.228 e. The van der Waals surface area contributed by atoms with Crippen LogP contribution in [0.5, 0.6) is 5.75 Å². The maximum atomic E-state index is 11.7. The SMILES string of the molecule is CC(C)CCC1CC(=O)Nc2ccccc2O1. The second kappa shape index (κ2) is 5.21. The summed E-state index contributed by atoms with van der Waals surface area (Å²) in [5.41, 5.74) is 0.782. The minimum absolute atomic E-state index is 0.000972. The molecule has 0 saturated carbocycles. The van der Waals surface area contributed by atoms with Gasteiger partial charge in [-0.3, -0.25) is 4.79 Å². The van der Waals surface area contributed by atoms with E-state index < -0.39 is 0 Å². The molecule has 0 saturated heterocycles. The van der Waals surface area contributed by atoms with Gasteiger partial charge in [0.15, 0.2) is 0 Å². The first-order valence-electron chi connectivity index (χ1n) is 6.20. The number of hydrogen-bond donors (Lipinski definition) is 1. The van der Waals surface area contributed by atoms with Crippen molar-refractivity contribution in [1.82, 2.24) is 0 Å². The van der Waals surface area contributed by atoms with E-state index in [0.717, 1.165) is 24.3 Å². The summed E-state index contributed by atoms with van der Waals surface area (Å²) < 4.78 is 5.89. The third kappa shape index (κ3) is 3.22. The Labute approximate surface area is 102 Å². The Morgan fingerprint density at radius 1 is 1.41 bits per heavy atom. The molecule has 1 amide bonds. The third-order valence-corrected chi connectivity index (χ3v) is 2.93. The maximum Gasteiger partial charge on any atom is 0.228 e. The van der Waals surface area contributed by atoms with Gasteiger partial charge in [-0.05, 0) is 30.9 Å². The predicted molar refractivity (Wildman–Crippen MR) is 68.2 cm³/mol. The number of para-hydroxylation sites is 2. The van der Waals surface area contributed by atoms with Crippen LogP contribution in [0.15, 0.2) is 24.3 Å². The van der Waals surface area contributed by atoms with Crippen LogP contribution in [-0.2, 0) is 4.79 Å². The predicted octanol–water partition coefficient (Wildman–Crippen LogP) is 3.21. The fraction of sp³-hybridized carbons (Fsp3) is 0.500. The van der Waals surface area contributed by atoms with Gasteiger partial charge >= 0.3 is 0 Å². The topological polar surface area (TPSA) is 38.3 Å². The van der Waals surface area contributed by atoms with Gasteiger partial charge in [0, 0.05) is 0 Å². The molecular weight excluding hydrogens is 214 g/mol. The van der Waals surface area contributed by atoms with Crippen molar-refractivity contribution in [3.8, 4) is 5.75 Å². The monoisotopic (exact) mass is 233 g/mol. The van der Waals surface area contributed by atoms with Crippen LogP contribution in [0.3, 0.4) is 0 Å². The average molecular weight is 233 g/mol. The first-order valence-corrected chi connectivity index (χ1v) is 6.20. The number of nitrogens with one attached hydrogen (secondary N) is 1. The van der Waals surface area contributed by atoms with Crippen molar-refractivity contribution >= 4 is 11.6 Å². The molecule has 0 bridgehead atoms. The summed E-state index contributed by atoms with van der Waals surface area (Å²) in [4.78, 5) is 11.7. The Kier molecular flexibility index (Phi) is 3.67. The first-order chi connectivity index (χ1) is 8.15. The van der Waals surface area contributed by atoms with Crippen molar-refractivity contribution in [2.75, 3.05) is 5.32 Å². The largest absolute Gasteiger partial charge is 0.488 e. The van der Waals surface area contributed by atoms with Crippen LogP contribution in [0.4, 0.5) is 5.69 Å². The molecule has 0 radical (unpaired) electrons.